The first-order valence-electron chi connectivity index (χ1n) is 11.0. The Morgan fingerprint density at radius 3 is 2.58 bits per heavy atom. The summed E-state index contributed by atoms with van der Waals surface area (Å²) in [5.41, 5.74) is 3.69. The zero-order valence-corrected chi connectivity index (χ0v) is 19.2. The van der Waals surface area contributed by atoms with Crippen molar-refractivity contribution in [1.29, 1.82) is 0 Å². The van der Waals surface area contributed by atoms with Crippen molar-refractivity contribution in [3.8, 4) is 11.5 Å². The predicted octanol–water partition coefficient (Wildman–Crippen LogP) is 2.73. The molecule has 0 atom stereocenters. The molecule has 1 saturated heterocycles. The number of aromatic nitrogens is 1. The molecule has 0 amide bonds. The lowest BCUT2D eigenvalue weighted by atomic mass is 10.1. The molecule has 2 aromatic rings. The number of aliphatic imine (C=N–C) groups is 1. The fourth-order valence-corrected chi connectivity index (χ4v) is 3.85. The highest BCUT2D eigenvalue weighted by Crippen LogP contribution is 2.25. The number of aryl methyl sites for hydroxylation is 1. The number of guanidine groups is 1. The number of hydrogen-bond acceptors (Lipinski definition) is 5. The molecule has 1 aliphatic heterocycles. The summed E-state index contributed by atoms with van der Waals surface area (Å²) in [5, 5.41) is 3.46. The van der Waals surface area contributed by atoms with Crippen LogP contribution in [-0.2, 0) is 13.0 Å². The number of pyridine rings is 1. The van der Waals surface area contributed by atoms with Crippen LogP contribution in [0.4, 0.5) is 0 Å². The van der Waals surface area contributed by atoms with Crippen molar-refractivity contribution in [2.45, 2.75) is 26.8 Å². The lowest BCUT2D eigenvalue weighted by molar-refractivity contribution is 0.171. The van der Waals surface area contributed by atoms with Crippen LogP contribution in [0.3, 0.4) is 0 Å². The Balaban J connectivity index is 1.57. The van der Waals surface area contributed by atoms with Gasteiger partial charge in [0.25, 0.3) is 0 Å². The van der Waals surface area contributed by atoms with E-state index in [2.05, 4.69) is 46.1 Å². The van der Waals surface area contributed by atoms with Crippen LogP contribution >= 0.6 is 0 Å². The standard InChI is InChI=1S/C24H35N5O2/c1-5-26-24(27-11-9-20-8-10-25-17-19(20)2)29-14-12-28(13-15-29)18-21-16-22(30-3)6-7-23(21)31-4/h6-8,10,16-17H,5,9,11-15,18H2,1-4H3,(H,26,27). The summed E-state index contributed by atoms with van der Waals surface area (Å²) in [5.74, 6) is 2.78. The highest BCUT2D eigenvalue weighted by Gasteiger charge is 2.20. The molecule has 1 aliphatic rings. The Hall–Kier alpha value is -2.80. The van der Waals surface area contributed by atoms with Crippen LogP contribution in [0.1, 0.15) is 23.6 Å². The molecular formula is C24H35N5O2. The van der Waals surface area contributed by atoms with Crippen LogP contribution in [0.5, 0.6) is 11.5 Å². The Morgan fingerprint density at radius 2 is 1.90 bits per heavy atom. The number of nitrogens with zero attached hydrogens (tertiary/aromatic N) is 4. The van der Waals surface area contributed by atoms with E-state index in [9.17, 15) is 0 Å². The number of methoxy groups -OCH3 is 2. The third-order valence-electron chi connectivity index (χ3n) is 5.67. The molecule has 31 heavy (non-hydrogen) atoms. The van der Waals surface area contributed by atoms with Crippen LogP contribution in [-0.4, -0.2) is 74.2 Å². The molecule has 1 fully saturated rings. The molecular weight excluding hydrogens is 390 g/mol. The van der Waals surface area contributed by atoms with Gasteiger partial charge in [0, 0.05) is 63.8 Å². The monoisotopic (exact) mass is 425 g/mol. The molecule has 3 rings (SSSR count). The van der Waals surface area contributed by atoms with E-state index in [1.165, 1.54) is 11.1 Å². The summed E-state index contributed by atoms with van der Waals surface area (Å²) in [6, 6.07) is 8.07. The lowest BCUT2D eigenvalue weighted by Gasteiger charge is -2.36. The number of rotatable bonds is 8. The van der Waals surface area contributed by atoms with Crippen molar-refractivity contribution in [3.63, 3.8) is 0 Å². The molecule has 1 aromatic heterocycles. The summed E-state index contributed by atoms with van der Waals surface area (Å²) < 4.78 is 10.9. The van der Waals surface area contributed by atoms with Gasteiger partial charge < -0.3 is 19.7 Å². The average Bonchev–Trinajstić information content (AvgIpc) is 2.80. The SMILES string of the molecule is CCNC(=NCCc1ccncc1C)N1CCN(Cc2cc(OC)ccc2OC)CC1. The van der Waals surface area contributed by atoms with Gasteiger partial charge in [0.2, 0.25) is 0 Å². The van der Waals surface area contributed by atoms with Crippen LogP contribution < -0.4 is 14.8 Å². The van der Waals surface area contributed by atoms with E-state index in [4.69, 9.17) is 14.5 Å². The van der Waals surface area contributed by atoms with E-state index >= 15 is 0 Å². The fourth-order valence-electron chi connectivity index (χ4n) is 3.85. The average molecular weight is 426 g/mol. The fraction of sp³-hybridized carbons (Fsp3) is 0.500. The van der Waals surface area contributed by atoms with Gasteiger partial charge in [0.1, 0.15) is 11.5 Å². The topological polar surface area (TPSA) is 62.2 Å². The minimum Gasteiger partial charge on any atom is -0.497 e. The summed E-state index contributed by atoms with van der Waals surface area (Å²) in [4.78, 5) is 13.9. The van der Waals surface area contributed by atoms with Gasteiger partial charge in [-0.25, -0.2) is 0 Å². The summed E-state index contributed by atoms with van der Waals surface area (Å²) in [7, 11) is 3.41. The summed E-state index contributed by atoms with van der Waals surface area (Å²) in [6.45, 7) is 10.6. The zero-order chi connectivity index (χ0) is 22.1. The first-order valence-corrected chi connectivity index (χ1v) is 11.0. The molecule has 0 saturated carbocycles. The molecule has 0 unspecified atom stereocenters. The number of hydrogen-bond donors (Lipinski definition) is 1. The maximum atomic E-state index is 5.54. The maximum absolute atomic E-state index is 5.54. The zero-order valence-electron chi connectivity index (χ0n) is 19.2. The molecule has 1 N–H and O–H groups in total. The minimum atomic E-state index is 0.772. The highest BCUT2D eigenvalue weighted by atomic mass is 16.5. The summed E-state index contributed by atoms with van der Waals surface area (Å²) >= 11 is 0. The van der Waals surface area contributed by atoms with Crippen molar-refractivity contribution in [1.82, 2.24) is 20.1 Å². The number of nitrogens with one attached hydrogen (secondary N) is 1. The van der Waals surface area contributed by atoms with Gasteiger partial charge in [-0.1, -0.05) is 0 Å². The van der Waals surface area contributed by atoms with E-state index in [1.54, 1.807) is 14.2 Å². The van der Waals surface area contributed by atoms with Gasteiger partial charge in [-0.2, -0.15) is 0 Å². The van der Waals surface area contributed by atoms with Gasteiger partial charge in [0.15, 0.2) is 5.96 Å². The van der Waals surface area contributed by atoms with E-state index in [1.807, 2.05) is 24.5 Å². The van der Waals surface area contributed by atoms with Crippen molar-refractivity contribution >= 4 is 5.96 Å². The van der Waals surface area contributed by atoms with Gasteiger partial charge in [-0.05, 0) is 55.7 Å². The van der Waals surface area contributed by atoms with Crippen molar-refractivity contribution in [2.24, 2.45) is 4.99 Å². The smallest absolute Gasteiger partial charge is 0.194 e. The second-order valence-corrected chi connectivity index (χ2v) is 7.73. The Kier molecular flexibility index (Phi) is 8.53. The highest BCUT2D eigenvalue weighted by molar-refractivity contribution is 5.80. The number of benzene rings is 1. The molecule has 0 bridgehead atoms. The van der Waals surface area contributed by atoms with E-state index < -0.39 is 0 Å². The Morgan fingerprint density at radius 1 is 1.10 bits per heavy atom. The molecule has 168 valence electrons. The van der Waals surface area contributed by atoms with E-state index in [0.29, 0.717) is 0 Å². The summed E-state index contributed by atoms with van der Waals surface area (Å²) in [6.07, 6.45) is 4.70. The first-order chi connectivity index (χ1) is 15.1. The van der Waals surface area contributed by atoms with Crippen molar-refractivity contribution < 1.29 is 9.47 Å². The maximum Gasteiger partial charge on any atom is 0.194 e. The van der Waals surface area contributed by atoms with Gasteiger partial charge in [-0.3, -0.25) is 14.9 Å². The van der Waals surface area contributed by atoms with Gasteiger partial charge >= 0.3 is 0 Å². The van der Waals surface area contributed by atoms with E-state index in [0.717, 1.165) is 75.3 Å². The van der Waals surface area contributed by atoms with Crippen LogP contribution in [0.15, 0.2) is 41.7 Å². The number of piperazine rings is 1. The second kappa shape index (κ2) is 11.6. The molecule has 2 heterocycles. The molecule has 7 heteroatoms. The quantitative estimate of drug-likeness (QED) is 0.518. The minimum absolute atomic E-state index is 0.772. The molecule has 0 spiro atoms. The molecule has 1 aromatic carbocycles. The van der Waals surface area contributed by atoms with Gasteiger partial charge in [0.05, 0.1) is 14.2 Å². The molecule has 0 aliphatic carbocycles. The van der Waals surface area contributed by atoms with Crippen LogP contribution in [0.2, 0.25) is 0 Å². The number of ether oxygens (including phenoxy) is 2. The largest absolute Gasteiger partial charge is 0.497 e. The third-order valence-corrected chi connectivity index (χ3v) is 5.67. The first kappa shape index (κ1) is 22.9. The Bertz CT molecular complexity index is 863. The van der Waals surface area contributed by atoms with Crippen LogP contribution in [0.25, 0.3) is 0 Å². The third kappa shape index (κ3) is 6.34. The Labute approximate surface area is 186 Å². The van der Waals surface area contributed by atoms with Crippen molar-refractivity contribution in [3.05, 3.63) is 53.3 Å². The van der Waals surface area contributed by atoms with Gasteiger partial charge in [-0.15, -0.1) is 0 Å². The lowest BCUT2D eigenvalue weighted by Crippen LogP contribution is -2.52. The molecule has 7 nitrogen and oxygen atoms in total. The second-order valence-electron chi connectivity index (χ2n) is 7.73. The van der Waals surface area contributed by atoms with Crippen molar-refractivity contribution in [2.75, 3.05) is 53.5 Å². The normalized spacial score (nSPS) is 15.1. The predicted molar refractivity (Wildman–Crippen MR) is 125 cm³/mol. The van der Waals surface area contributed by atoms with Crippen LogP contribution in [0, 0.1) is 6.92 Å². The molecule has 0 radical (unpaired) electrons. The van der Waals surface area contributed by atoms with E-state index in [-0.39, 0.29) is 0 Å².